The molecule has 1 atom stereocenters. The van der Waals surface area contributed by atoms with E-state index in [0.717, 1.165) is 17.1 Å². The number of halogens is 1. The van der Waals surface area contributed by atoms with Crippen LogP contribution in [0.2, 0.25) is 0 Å². The maximum atomic E-state index is 5.65. The Kier molecular flexibility index (Phi) is 1.67. The molecule has 11 heavy (non-hydrogen) atoms. The fraction of sp³-hybridized carbons (Fsp3) is 0.143. The van der Waals surface area contributed by atoms with Gasteiger partial charge in [-0.1, -0.05) is 6.07 Å². The van der Waals surface area contributed by atoms with Gasteiger partial charge in [0.05, 0.1) is 0 Å². The third-order valence-electron chi connectivity index (χ3n) is 1.44. The van der Waals surface area contributed by atoms with Gasteiger partial charge in [0.2, 0.25) is 0 Å². The normalized spacial score (nSPS) is 20.4. The van der Waals surface area contributed by atoms with Crippen molar-refractivity contribution < 1.29 is 9.05 Å². The lowest BCUT2D eigenvalue weighted by Crippen LogP contribution is -1.73. The number of fused-ring (bicyclic) bond motifs is 1. The van der Waals surface area contributed by atoms with Gasteiger partial charge in [0.15, 0.2) is 11.5 Å². The summed E-state index contributed by atoms with van der Waals surface area (Å²) in [6, 6.07) is 5.75. The van der Waals surface area contributed by atoms with Crippen molar-refractivity contribution in [2.24, 2.45) is 0 Å². The van der Waals surface area contributed by atoms with Gasteiger partial charge >= 0.3 is 7.73 Å². The minimum atomic E-state index is -1.23. The highest BCUT2D eigenvalue weighted by Crippen LogP contribution is 2.55. The van der Waals surface area contributed by atoms with E-state index in [4.69, 9.17) is 20.3 Å². The van der Waals surface area contributed by atoms with Crippen molar-refractivity contribution >= 4 is 19.0 Å². The standard InChI is InChI=1S/C7H6ClO2P/c1-5-2-3-6-7(4-5)10-11(8)9-6/h2-4H,1H3. The largest absolute Gasteiger partial charge is 0.423 e. The monoisotopic (exact) mass is 188 g/mol. The lowest BCUT2D eigenvalue weighted by Gasteiger charge is -1.94. The first-order valence-corrected chi connectivity index (χ1v) is 5.26. The minimum Gasteiger partial charge on any atom is -0.423 e. The average molecular weight is 189 g/mol. The Bertz CT molecular complexity index is 290. The Morgan fingerprint density at radius 2 is 2.00 bits per heavy atom. The summed E-state index contributed by atoms with van der Waals surface area (Å²) in [6.07, 6.45) is 0. The third-order valence-corrected chi connectivity index (χ3v) is 2.53. The quantitative estimate of drug-likeness (QED) is 0.582. The lowest BCUT2D eigenvalue weighted by molar-refractivity contribution is 0.595. The molecular weight excluding hydrogens is 183 g/mol. The first-order chi connectivity index (χ1) is 5.25. The van der Waals surface area contributed by atoms with Gasteiger partial charge in [0.1, 0.15) is 0 Å². The van der Waals surface area contributed by atoms with Gasteiger partial charge < -0.3 is 9.05 Å². The van der Waals surface area contributed by atoms with Crippen molar-refractivity contribution in [2.75, 3.05) is 0 Å². The van der Waals surface area contributed by atoms with Crippen LogP contribution in [0.15, 0.2) is 18.2 Å². The molecule has 2 rings (SSSR count). The van der Waals surface area contributed by atoms with E-state index in [2.05, 4.69) is 0 Å². The third kappa shape index (κ3) is 1.29. The molecule has 2 nitrogen and oxygen atoms in total. The molecule has 0 aliphatic carbocycles. The second kappa shape index (κ2) is 2.54. The smallest absolute Gasteiger partial charge is 0.401 e. The summed E-state index contributed by atoms with van der Waals surface area (Å²) in [5, 5.41) is 0. The molecule has 1 aromatic carbocycles. The molecule has 1 aliphatic rings. The van der Waals surface area contributed by atoms with Crippen molar-refractivity contribution in [3.05, 3.63) is 23.8 Å². The predicted octanol–water partition coefficient (Wildman–Crippen LogP) is 3.23. The van der Waals surface area contributed by atoms with Gasteiger partial charge in [0.25, 0.3) is 0 Å². The molecule has 1 unspecified atom stereocenters. The number of rotatable bonds is 0. The van der Waals surface area contributed by atoms with Crippen LogP contribution in [0.25, 0.3) is 0 Å². The van der Waals surface area contributed by atoms with Gasteiger partial charge in [-0.15, -0.1) is 0 Å². The van der Waals surface area contributed by atoms with E-state index in [1.54, 1.807) is 0 Å². The zero-order chi connectivity index (χ0) is 7.84. The fourth-order valence-electron chi connectivity index (χ4n) is 0.935. The maximum absolute atomic E-state index is 5.65. The lowest BCUT2D eigenvalue weighted by atomic mass is 10.2. The van der Waals surface area contributed by atoms with Gasteiger partial charge in [-0.05, 0) is 35.9 Å². The second-order valence-electron chi connectivity index (χ2n) is 2.35. The van der Waals surface area contributed by atoms with Crippen LogP contribution in [0, 0.1) is 6.92 Å². The summed E-state index contributed by atoms with van der Waals surface area (Å²) in [5.74, 6) is 1.50. The summed E-state index contributed by atoms with van der Waals surface area (Å²) >= 11 is 5.65. The van der Waals surface area contributed by atoms with E-state index in [1.807, 2.05) is 25.1 Å². The summed E-state index contributed by atoms with van der Waals surface area (Å²) in [5.41, 5.74) is 1.15. The van der Waals surface area contributed by atoms with Crippen LogP contribution in [-0.2, 0) is 0 Å². The Balaban J connectivity index is 2.43. The van der Waals surface area contributed by atoms with E-state index in [-0.39, 0.29) is 0 Å². The summed E-state index contributed by atoms with van der Waals surface area (Å²) in [4.78, 5) is 0. The highest BCUT2D eigenvalue weighted by molar-refractivity contribution is 7.76. The molecule has 1 aliphatic heterocycles. The molecule has 0 saturated heterocycles. The topological polar surface area (TPSA) is 18.5 Å². The van der Waals surface area contributed by atoms with Crippen molar-refractivity contribution in [3.63, 3.8) is 0 Å². The molecule has 1 heterocycles. The fourth-order valence-corrected chi connectivity index (χ4v) is 2.02. The van der Waals surface area contributed by atoms with Crippen LogP contribution < -0.4 is 9.05 Å². The van der Waals surface area contributed by atoms with Crippen LogP contribution in [0.4, 0.5) is 0 Å². The number of benzene rings is 1. The Morgan fingerprint density at radius 1 is 1.27 bits per heavy atom. The molecule has 0 amide bonds. The Hall–Kier alpha value is -0.460. The molecule has 4 heteroatoms. The maximum Gasteiger partial charge on any atom is 0.401 e. The van der Waals surface area contributed by atoms with Crippen LogP contribution in [-0.4, -0.2) is 0 Å². The van der Waals surface area contributed by atoms with Crippen molar-refractivity contribution in [1.29, 1.82) is 0 Å². The van der Waals surface area contributed by atoms with Gasteiger partial charge in [-0.3, -0.25) is 0 Å². The molecular formula is C7H6ClO2P. The SMILES string of the molecule is Cc1ccc2c(c1)OP(Cl)O2. The first-order valence-electron chi connectivity index (χ1n) is 3.18. The number of hydrogen-bond donors (Lipinski definition) is 0. The van der Waals surface area contributed by atoms with Gasteiger partial charge in [0, 0.05) is 0 Å². The van der Waals surface area contributed by atoms with E-state index in [0.29, 0.717) is 0 Å². The molecule has 0 spiro atoms. The zero-order valence-electron chi connectivity index (χ0n) is 5.87. The number of aryl methyl sites for hydroxylation is 1. The highest BCUT2D eigenvalue weighted by atomic mass is 35.7. The predicted molar refractivity (Wildman–Crippen MR) is 45.2 cm³/mol. The minimum absolute atomic E-state index is 0.747. The Morgan fingerprint density at radius 3 is 2.82 bits per heavy atom. The summed E-state index contributed by atoms with van der Waals surface area (Å²) in [6.45, 7) is 2.00. The Labute approximate surface area is 70.8 Å². The van der Waals surface area contributed by atoms with E-state index in [9.17, 15) is 0 Å². The molecule has 1 aromatic rings. The molecule has 0 fully saturated rings. The van der Waals surface area contributed by atoms with Crippen molar-refractivity contribution in [1.82, 2.24) is 0 Å². The molecule has 58 valence electrons. The van der Waals surface area contributed by atoms with E-state index in [1.165, 1.54) is 0 Å². The van der Waals surface area contributed by atoms with E-state index < -0.39 is 7.73 Å². The molecule has 0 bridgehead atoms. The van der Waals surface area contributed by atoms with Crippen LogP contribution >= 0.6 is 19.0 Å². The molecule has 0 N–H and O–H groups in total. The summed E-state index contributed by atoms with van der Waals surface area (Å²) < 4.78 is 10.4. The van der Waals surface area contributed by atoms with Crippen molar-refractivity contribution in [3.8, 4) is 11.5 Å². The zero-order valence-corrected chi connectivity index (χ0v) is 7.52. The van der Waals surface area contributed by atoms with Gasteiger partial charge in [-0.25, -0.2) is 0 Å². The van der Waals surface area contributed by atoms with E-state index >= 15 is 0 Å². The van der Waals surface area contributed by atoms with Gasteiger partial charge in [-0.2, -0.15) is 0 Å². The first kappa shape index (κ1) is 7.20. The van der Waals surface area contributed by atoms with Crippen LogP contribution in [0.3, 0.4) is 0 Å². The van der Waals surface area contributed by atoms with Crippen molar-refractivity contribution in [2.45, 2.75) is 6.92 Å². The number of hydrogen-bond acceptors (Lipinski definition) is 2. The molecule has 0 radical (unpaired) electrons. The average Bonchev–Trinajstić information content (AvgIpc) is 2.27. The molecule has 0 saturated carbocycles. The van der Waals surface area contributed by atoms with Crippen LogP contribution in [0.1, 0.15) is 5.56 Å². The molecule has 0 aromatic heterocycles. The van der Waals surface area contributed by atoms with Crippen LogP contribution in [0.5, 0.6) is 11.5 Å². The highest BCUT2D eigenvalue weighted by Gasteiger charge is 2.23. The second-order valence-corrected chi connectivity index (χ2v) is 3.96. The summed E-state index contributed by atoms with van der Waals surface area (Å²) in [7, 11) is -1.23.